The van der Waals surface area contributed by atoms with Crippen molar-refractivity contribution in [3.05, 3.63) is 39.0 Å². The maximum atomic E-state index is 13.6. The molecule has 0 saturated carbocycles. The van der Waals surface area contributed by atoms with Crippen LogP contribution in [-0.2, 0) is 24.2 Å². The summed E-state index contributed by atoms with van der Waals surface area (Å²) in [7, 11) is 0. The Hall–Kier alpha value is -2.52. The number of hydrogen-bond acceptors (Lipinski definition) is 7. The van der Waals surface area contributed by atoms with E-state index in [1.54, 1.807) is 34.1 Å². The van der Waals surface area contributed by atoms with Crippen LogP contribution in [0.2, 0.25) is 0 Å². The van der Waals surface area contributed by atoms with E-state index in [4.69, 9.17) is 14.5 Å². The molecular formula is C25H29N3O4S2. The predicted molar refractivity (Wildman–Crippen MR) is 137 cm³/mol. The van der Waals surface area contributed by atoms with E-state index in [1.807, 2.05) is 0 Å². The molecule has 0 radical (unpaired) electrons. The van der Waals surface area contributed by atoms with Crippen LogP contribution in [-0.4, -0.2) is 34.4 Å². The molecule has 2 aromatic heterocycles. The molecule has 0 bridgehead atoms. The van der Waals surface area contributed by atoms with E-state index in [2.05, 4.69) is 19.2 Å². The molecule has 9 heteroatoms. The molecule has 1 aromatic carbocycles. The molecule has 180 valence electrons. The van der Waals surface area contributed by atoms with Crippen molar-refractivity contribution < 1.29 is 14.3 Å². The van der Waals surface area contributed by atoms with E-state index in [0.29, 0.717) is 48.0 Å². The van der Waals surface area contributed by atoms with Gasteiger partial charge < -0.3 is 14.8 Å². The first-order valence-corrected chi connectivity index (χ1v) is 13.7. The molecule has 0 spiro atoms. The number of carbonyl (C=O) groups is 1. The molecule has 0 unspecified atom stereocenters. The molecule has 3 heterocycles. The Morgan fingerprint density at radius 1 is 1.21 bits per heavy atom. The van der Waals surface area contributed by atoms with Gasteiger partial charge in [-0.05, 0) is 55.7 Å². The zero-order chi connectivity index (χ0) is 23.7. The van der Waals surface area contributed by atoms with Crippen molar-refractivity contribution in [2.75, 3.05) is 24.3 Å². The van der Waals surface area contributed by atoms with Gasteiger partial charge in [-0.2, -0.15) is 0 Å². The Kier molecular flexibility index (Phi) is 6.83. The fourth-order valence-corrected chi connectivity index (χ4v) is 6.49. The standard InChI is InChI=1S/C25H29N3O4S2/c1-15(2)9-10-28-24(30)22-17-5-3-4-6-20(17)34-23(22)27-25(28)33-14-21(29)26-16-7-8-18-19(13-16)32-12-11-31-18/h7-8,13,15H,3-6,9-12,14H2,1-2H3,(H,26,29). The first kappa shape index (κ1) is 23.2. The zero-order valence-electron chi connectivity index (χ0n) is 19.5. The van der Waals surface area contributed by atoms with Crippen molar-refractivity contribution in [2.45, 2.75) is 57.7 Å². The Balaban J connectivity index is 1.37. The highest BCUT2D eigenvalue weighted by Gasteiger charge is 2.23. The summed E-state index contributed by atoms with van der Waals surface area (Å²) in [5.74, 6) is 1.79. The SMILES string of the molecule is CC(C)CCn1c(SCC(=O)Nc2ccc3c(c2)OCCO3)nc2sc3c(c2c1=O)CCCC3. The second-order valence-electron chi connectivity index (χ2n) is 9.12. The van der Waals surface area contributed by atoms with Gasteiger partial charge in [-0.3, -0.25) is 14.2 Å². The van der Waals surface area contributed by atoms with Gasteiger partial charge >= 0.3 is 0 Å². The highest BCUT2D eigenvalue weighted by molar-refractivity contribution is 7.99. The first-order chi connectivity index (χ1) is 16.5. The third-order valence-electron chi connectivity index (χ3n) is 6.13. The number of thiophene rings is 1. The largest absolute Gasteiger partial charge is 0.486 e. The summed E-state index contributed by atoms with van der Waals surface area (Å²) < 4.78 is 12.9. The summed E-state index contributed by atoms with van der Waals surface area (Å²) in [6, 6.07) is 5.38. The molecule has 0 fully saturated rings. The summed E-state index contributed by atoms with van der Waals surface area (Å²) >= 11 is 2.97. The van der Waals surface area contributed by atoms with Crippen LogP contribution < -0.4 is 20.3 Å². The Bertz CT molecular complexity index is 1280. The van der Waals surface area contributed by atoms with Crippen LogP contribution in [0.15, 0.2) is 28.2 Å². The molecule has 5 rings (SSSR count). The molecule has 0 saturated heterocycles. The van der Waals surface area contributed by atoms with Crippen molar-refractivity contribution in [2.24, 2.45) is 5.92 Å². The summed E-state index contributed by atoms with van der Waals surface area (Å²) in [4.78, 5) is 33.3. The monoisotopic (exact) mass is 499 g/mol. The molecule has 1 aliphatic carbocycles. The fourth-order valence-electron chi connectivity index (χ4n) is 4.36. The van der Waals surface area contributed by atoms with Crippen molar-refractivity contribution in [3.63, 3.8) is 0 Å². The van der Waals surface area contributed by atoms with E-state index in [0.717, 1.165) is 35.9 Å². The van der Waals surface area contributed by atoms with Gasteiger partial charge in [-0.25, -0.2) is 4.98 Å². The summed E-state index contributed by atoms with van der Waals surface area (Å²) in [5, 5.41) is 4.33. The molecule has 34 heavy (non-hydrogen) atoms. The number of benzene rings is 1. The maximum absolute atomic E-state index is 13.6. The third-order valence-corrected chi connectivity index (χ3v) is 8.29. The Labute approximate surface area is 206 Å². The number of fused-ring (bicyclic) bond motifs is 4. The lowest BCUT2D eigenvalue weighted by atomic mass is 9.97. The lowest BCUT2D eigenvalue weighted by molar-refractivity contribution is -0.113. The average Bonchev–Trinajstić information content (AvgIpc) is 3.20. The highest BCUT2D eigenvalue weighted by atomic mass is 32.2. The number of ether oxygens (including phenoxy) is 2. The van der Waals surface area contributed by atoms with Crippen molar-refractivity contribution in [1.82, 2.24) is 9.55 Å². The Morgan fingerprint density at radius 2 is 2.00 bits per heavy atom. The van der Waals surface area contributed by atoms with Crippen molar-refractivity contribution in [1.29, 1.82) is 0 Å². The van der Waals surface area contributed by atoms with E-state index in [-0.39, 0.29) is 17.2 Å². The van der Waals surface area contributed by atoms with Gasteiger partial charge in [-0.15, -0.1) is 11.3 Å². The van der Waals surface area contributed by atoms with Crippen LogP contribution in [0.3, 0.4) is 0 Å². The molecule has 1 aliphatic heterocycles. The summed E-state index contributed by atoms with van der Waals surface area (Å²) in [5.41, 5.74) is 1.90. The smallest absolute Gasteiger partial charge is 0.263 e. The fraction of sp³-hybridized carbons (Fsp3) is 0.480. The molecule has 1 N–H and O–H groups in total. The van der Waals surface area contributed by atoms with Crippen LogP contribution in [0.25, 0.3) is 10.2 Å². The van der Waals surface area contributed by atoms with E-state index >= 15 is 0 Å². The number of hydrogen-bond donors (Lipinski definition) is 1. The molecule has 2 aliphatic rings. The number of rotatable bonds is 7. The second-order valence-corrected chi connectivity index (χ2v) is 11.1. The number of carbonyl (C=O) groups excluding carboxylic acids is 1. The minimum absolute atomic E-state index is 0.0415. The number of nitrogens with one attached hydrogen (secondary N) is 1. The van der Waals surface area contributed by atoms with Crippen molar-refractivity contribution >= 4 is 44.9 Å². The van der Waals surface area contributed by atoms with Crippen LogP contribution in [0.5, 0.6) is 11.5 Å². The quantitative estimate of drug-likeness (QED) is 0.368. The average molecular weight is 500 g/mol. The van der Waals surface area contributed by atoms with Gasteiger partial charge in [0.05, 0.1) is 11.1 Å². The van der Waals surface area contributed by atoms with Gasteiger partial charge in [0.25, 0.3) is 5.56 Å². The van der Waals surface area contributed by atoms with Gasteiger partial charge in [0.1, 0.15) is 18.0 Å². The van der Waals surface area contributed by atoms with Gasteiger partial charge in [-0.1, -0.05) is 25.6 Å². The first-order valence-electron chi connectivity index (χ1n) is 11.9. The van der Waals surface area contributed by atoms with Gasteiger partial charge in [0.15, 0.2) is 16.7 Å². The molecular weight excluding hydrogens is 470 g/mol. The minimum atomic E-state index is -0.156. The molecule has 0 atom stereocenters. The topological polar surface area (TPSA) is 82.5 Å². The molecule has 1 amide bonds. The van der Waals surface area contributed by atoms with Crippen molar-refractivity contribution in [3.8, 4) is 11.5 Å². The summed E-state index contributed by atoms with van der Waals surface area (Å²) in [6.07, 6.45) is 5.17. The normalized spacial score (nSPS) is 14.9. The van der Waals surface area contributed by atoms with Crippen LogP contribution in [0.1, 0.15) is 43.6 Å². The minimum Gasteiger partial charge on any atom is -0.486 e. The van der Waals surface area contributed by atoms with Crippen LogP contribution in [0, 0.1) is 5.92 Å². The van der Waals surface area contributed by atoms with E-state index < -0.39 is 0 Å². The van der Waals surface area contributed by atoms with Gasteiger partial charge in [0.2, 0.25) is 5.91 Å². The van der Waals surface area contributed by atoms with E-state index in [1.165, 1.54) is 28.6 Å². The molecule has 3 aromatic rings. The maximum Gasteiger partial charge on any atom is 0.263 e. The lowest BCUT2D eigenvalue weighted by Crippen LogP contribution is -2.25. The second kappa shape index (κ2) is 10.00. The van der Waals surface area contributed by atoms with Gasteiger partial charge in [0, 0.05) is 23.2 Å². The van der Waals surface area contributed by atoms with E-state index in [9.17, 15) is 9.59 Å². The summed E-state index contributed by atoms with van der Waals surface area (Å²) in [6.45, 7) is 5.93. The van der Waals surface area contributed by atoms with Crippen LogP contribution >= 0.6 is 23.1 Å². The zero-order valence-corrected chi connectivity index (χ0v) is 21.2. The van der Waals surface area contributed by atoms with Crippen LogP contribution in [0.4, 0.5) is 5.69 Å². The molecule has 7 nitrogen and oxygen atoms in total. The lowest BCUT2D eigenvalue weighted by Gasteiger charge is -2.19. The number of aryl methyl sites for hydroxylation is 2. The third kappa shape index (κ3) is 4.81. The highest BCUT2D eigenvalue weighted by Crippen LogP contribution is 2.35. The number of amides is 1. The number of thioether (sulfide) groups is 1. The number of aromatic nitrogens is 2. The predicted octanol–water partition coefficient (Wildman–Crippen LogP) is 4.88. The Morgan fingerprint density at radius 3 is 2.82 bits per heavy atom. The number of nitrogens with zero attached hydrogens (tertiary/aromatic N) is 2. The number of anilines is 1.